The second-order valence-corrected chi connectivity index (χ2v) is 5.55. The molecule has 1 aromatic rings. The maximum atomic E-state index is 5.76. The second kappa shape index (κ2) is 7.43. The molecule has 0 saturated carbocycles. The molecular formula is C12H20BrNOS. The number of thiophene rings is 1. The Morgan fingerprint density at radius 3 is 2.69 bits per heavy atom. The van der Waals surface area contributed by atoms with Crippen LogP contribution in [0.1, 0.15) is 25.1 Å². The molecule has 0 aliphatic heterocycles. The zero-order valence-corrected chi connectivity index (χ0v) is 12.5. The van der Waals surface area contributed by atoms with Gasteiger partial charge in [-0.25, -0.2) is 0 Å². The summed E-state index contributed by atoms with van der Waals surface area (Å²) in [6.45, 7) is 5.01. The summed E-state index contributed by atoms with van der Waals surface area (Å²) in [5, 5.41) is 5.48. The molecule has 0 bridgehead atoms. The van der Waals surface area contributed by atoms with E-state index in [0.29, 0.717) is 12.1 Å². The third kappa shape index (κ3) is 3.84. The van der Waals surface area contributed by atoms with Gasteiger partial charge in [0.1, 0.15) is 0 Å². The molecule has 1 N–H and O–H groups in total. The minimum absolute atomic E-state index is 0.295. The minimum Gasteiger partial charge on any atom is -0.377 e. The quantitative estimate of drug-likeness (QED) is 0.833. The van der Waals surface area contributed by atoms with Gasteiger partial charge in [0.15, 0.2) is 0 Å². The predicted octanol–water partition coefficient (Wildman–Crippen LogP) is 3.46. The first-order chi connectivity index (χ1) is 7.72. The van der Waals surface area contributed by atoms with Gasteiger partial charge in [0, 0.05) is 28.4 Å². The summed E-state index contributed by atoms with van der Waals surface area (Å²) in [4.78, 5) is 1.39. The van der Waals surface area contributed by atoms with E-state index in [-0.39, 0.29) is 0 Å². The molecule has 0 fully saturated rings. The van der Waals surface area contributed by atoms with Crippen molar-refractivity contribution in [2.24, 2.45) is 0 Å². The Morgan fingerprint density at radius 2 is 2.25 bits per heavy atom. The lowest BCUT2D eigenvalue weighted by Crippen LogP contribution is -2.40. The van der Waals surface area contributed by atoms with Crippen molar-refractivity contribution in [2.75, 3.05) is 13.7 Å². The third-order valence-electron chi connectivity index (χ3n) is 2.70. The maximum Gasteiger partial charge on any atom is 0.0728 e. The van der Waals surface area contributed by atoms with Crippen molar-refractivity contribution < 1.29 is 4.74 Å². The molecule has 1 aromatic heterocycles. The highest BCUT2D eigenvalue weighted by atomic mass is 79.9. The van der Waals surface area contributed by atoms with Crippen LogP contribution in [0, 0.1) is 0 Å². The van der Waals surface area contributed by atoms with Crippen molar-refractivity contribution in [2.45, 2.75) is 38.8 Å². The molecule has 1 heterocycles. The van der Waals surface area contributed by atoms with Gasteiger partial charge in [-0.15, -0.1) is 11.3 Å². The molecule has 0 radical (unpaired) electrons. The lowest BCUT2D eigenvalue weighted by Gasteiger charge is -2.25. The highest BCUT2D eigenvalue weighted by Crippen LogP contribution is 2.25. The third-order valence-corrected chi connectivity index (χ3v) is 4.65. The lowest BCUT2D eigenvalue weighted by molar-refractivity contribution is 0.0340. The topological polar surface area (TPSA) is 21.3 Å². The Labute approximate surface area is 111 Å². The van der Waals surface area contributed by atoms with Crippen LogP contribution in [0.3, 0.4) is 0 Å². The first-order valence-corrected chi connectivity index (χ1v) is 7.40. The van der Waals surface area contributed by atoms with E-state index in [2.05, 4.69) is 46.5 Å². The highest BCUT2D eigenvalue weighted by Gasteiger charge is 2.20. The van der Waals surface area contributed by atoms with E-state index in [1.165, 1.54) is 9.35 Å². The predicted molar refractivity (Wildman–Crippen MR) is 74.3 cm³/mol. The summed E-state index contributed by atoms with van der Waals surface area (Å²) < 4.78 is 6.97. The van der Waals surface area contributed by atoms with Crippen LogP contribution in [0.25, 0.3) is 0 Å². The number of halogens is 1. The van der Waals surface area contributed by atoms with Gasteiger partial charge < -0.3 is 10.1 Å². The van der Waals surface area contributed by atoms with E-state index in [4.69, 9.17) is 4.74 Å². The van der Waals surface area contributed by atoms with Crippen LogP contribution in [0.5, 0.6) is 0 Å². The molecule has 2 atom stereocenters. The van der Waals surface area contributed by atoms with Gasteiger partial charge in [0.25, 0.3) is 0 Å². The Bertz CT molecular complexity index is 303. The van der Waals surface area contributed by atoms with E-state index in [1.807, 2.05) is 7.05 Å². The summed E-state index contributed by atoms with van der Waals surface area (Å²) in [7, 11) is 2.01. The molecule has 1 rings (SSSR count). The summed E-state index contributed by atoms with van der Waals surface area (Å²) in [6, 6.07) is 2.49. The normalized spacial score (nSPS) is 15.0. The Balaban J connectivity index is 2.63. The number of ether oxygens (including phenoxy) is 1. The van der Waals surface area contributed by atoms with Gasteiger partial charge in [-0.3, -0.25) is 0 Å². The number of rotatable bonds is 7. The summed E-state index contributed by atoms with van der Waals surface area (Å²) in [5.74, 6) is 0. The van der Waals surface area contributed by atoms with Gasteiger partial charge in [-0.1, -0.05) is 6.92 Å². The molecule has 0 aliphatic rings. The standard InChI is InChI=1S/C12H20BrNOS/c1-4-11(15-5-2)10(14-3)8-12-9(13)6-7-16-12/h6-7,10-11,14H,4-5,8H2,1-3H3. The van der Waals surface area contributed by atoms with Gasteiger partial charge in [-0.05, 0) is 47.8 Å². The van der Waals surface area contributed by atoms with Crippen LogP contribution in [-0.4, -0.2) is 25.8 Å². The fraction of sp³-hybridized carbons (Fsp3) is 0.667. The second-order valence-electron chi connectivity index (χ2n) is 3.69. The van der Waals surface area contributed by atoms with Gasteiger partial charge >= 0.3 is 0 Å². The Morgan fingerprint density at radius 1 is 1.50 bits per heavy atom. The molecule has 2 nitrogen and oxygen atoms in total. The van der Waals surface area contributed by atoms with Crippen molar-refractivity contribution in [1.29, 1.82) is 0 Å². The SMILES string of the molecule is CCOC(CC)C(Cc1sccc1Br)NC. The van der Waals surface area contributed by atoms with Gasteiger partial charge in [-0.2, -0.15) is 0 Å². The molecule has 16 heavy (non-hydrogen) atoms. The van der Waals surface area contributed by atoms with E-state index in [9.17, 15) is 0 Å². The van der Waals surface area contributed by atoms with Crippen LogP contribution in [0.15, 0.2) is 15.9 Å². The maximum absolute atomic E-state index is 5.76. The number of nitrogens with one attached hydrogen (secondary N) is 1. The first kappa shape index (κ1) is 14.2. The monoisotopic (exact) mass is 305 g/mol. The van der Waals surface area contributed by atoms with Crippen molar-refractivity contribution in [3.8, 4) is 0 Å². The summed E-state index contributed by atoms with van der Waals surface area (Å²) in [6.07, 6.45) is 2.36. The lowest BCUT2D eigenvalue weighted by atomic mass is 10.0. The number of likely N-dealkylation sites (N-methyl/N-ethyl adjacent to an activating group) is 1. The molecule has 2 unspecified atom stereocenters. The largest absolute Gasteiger partial charge is 0.377 e. The van der Waals surface area contributed by atoms with E-state index < -0.39 is 0 Å². The molecule has 92 valence electrons. The van der Waals surface area contributed by atoms with Crippen molar-refractivity contribution in [3.63, 3.8) is 0 Å². The Kier molecular flexibility index (Phi) is 6.58. The molecule has 0 spiro atoms. The fourth-order valence-corrected chi connectivity index (χ4v) is 3.40. The molecule has 0 aliphatic carbocycles. The Hall–Kier alpha value is 0.1000. The van der Waals surface area contributed by atoms with Crippen molar-refractivity contribution in [3.05, 3.63) is 20.8 Å². The van der Waals surface area contributed by atoms with Crippen LogP contribution in [-0.2, 0) is 11.2 Å². The summed E-state index contributed by atoms with van der Waals surface area (Å²) >= 11 is 5.37. The molecule has 0 aromatic carbocycles. The van der Waals surface area contributed by atoms with Gasteiger partial charge in [0.05, 0.1) is 6.10 Å². The zero-order chi connectivity index (χ0) is 12.0. The molecular weight excluding hydrogens is 286 g/mol. The fourth-order valence-electron chi connectivity index (χ4n) is 1.82. The zero-order valence-electron chi connectivity index (χ0n) is 10.1. The van der Waals surface area contributed by atoms with E-state index in [0.717, 1.165) is 19.4 Å². The highest BCUT2D eigenvalue weighted by molar-refractivity contribution is 9.10. The van der Waals surface area contributed by atoms with Crippen molar-refractivity contribution in [1.82, 2.24) is 5.32 Å². The molecule has 0 saturated heterocycles. The summed E-state index contributed by atoms with van der Waals surface area (Å²) in [5.41, 5.74) is 0. The number of hydrogen-bond donors (Lipinski definition) is 1. The van der Waals surface area contributed by atoms with Crippen LogP contribution < -0.4 is 5.32 Å². The van der Waals surface area contributed by atoms with E-state index >= 15 is 0 Å². The first-order valence-electron chi connectivity index (χ1n) is 5.73. The van der Waals surface area contributed by atoms with Crippen LogP contribution in [0.2, 0.25) is 0 Å². The smallest absolute Gasteiger partial charge is 0.0728 e. The number of hydrogen-bond acceptors (Lipinski definition) is 3. The molecule has 4 heteroatoms. The van der Waals surface area contributed by atoms with E-state index in [1.54, 1.807) is 11.3 Å². The van der Waals surface area contributed by atoms with Crippen LogP contribution >= 0.6 is 27.3 Å². The minimum atomic E-state index is 0.295. The van der Waals surface area contributed by atoms with Crippen molar-refractivity contribution >= 4 is 27.3 Å². The van der Waals surface area contributed by atoms with Crippen LogP contribution in [0.4, 0.5) is 0 Å². The average molecular weight is 306 g/mol. The average Bonchev–Trinajstić information content (AvgIpc) is 2.69. The van der Waals surface area contributed by atoms with Gasteiger partial charge in [0.2, 0.25) is 0 Å². The molecule has 0 amide bonds.